The maximum Gasteiger partial charge on any atom is 0.125 e. The first-order valence-corrected chi connectivity index (χ1v) is 7.41. The molecule has 20 heavy (non-hydrogen) atoms. The van der Waals surface area contributed by atoms with Crippen molar-refractivity contribution in [3.8, 4) is 0 Å². The number of halogens is 2. The van der Waals surface area contributed by atoms with Crippen LogP contribution in [0.3, 0.4) is 0 Å². The van der Waals surface area contributed by atoms with Crippen molar-refractivity contribution in [2.45, 2.75) is 23.6 Å². The summed E-state index contributed by atoms with van der Waals surface area (Å²) < 4.78 is 0. The minimum Gasteiger partial charge on any atom is -0.384 e. The van der Waals surface area contributed by atoms with Crippen LogP contribution in [0, 0.1) is 19.3 Å². The zero-order valence-corrected chi connectivity index (χ0v) is 13.3. The van der Waals surface area contributed by atoms with Crippen LogP contribution in [0.5, 0.6) is 0 Å². The van der Waals surface area contributed by atoms with Crippen LogP contribution in [-0.4, -0.2) is 10.8 Å². The first kappa shape index (κ1) is 15.2. The summed E-state index contributed by atoms with van der Waals surface area (Å²) in [6.07, 6.45) is 0. The highest BCUT2D eigenvalue weighted by Gasteiger charge is 2.14. The number of hydrogen-bond acceptors (Lipinski definition) is 3. The van der Waals surface area contributed by atoms with Gasteiger partial charge in [0.15, 0.2) is 0 Å². The molecule has 3 N–H and O–H groups in total. The highest BCUT2D eigenvalue weighted by molar-refractivity contribution is 7.99. The number of nitrogens with one attached hydrogen (secondary N) is 1. The van der Waals surface area contributed by atoms with Crippen LogP contribution >= 0.6 is 35.0 Å². The third-order valence-electron chi connectivity index (χ3n) is 2.67. The van der Waals surface area contributed by atoms with Gasteiger partial charge in [-0.15, -0.1) is 0 Å². The fraction of sp³-hybridized carbons (Fsp3) is 0.143. The Morgan fingerprint density at radius 1 is 1.20 bits per heavy atom. The molecule has 1 aromatic carbocycles. The van der Waals surface area contributed by atoms with Crippen molar-refractivity contribution in [2.75, 3.05) is 0 Å². The van der Waals surface area contributed by atoms with Crippen molar-refractivity contribution < 1.29 is 0 Å². The molecule has 0 amide bonds. The van der Waals surface area contributed by atoms with Crippen molar-refractivity contribution in [2.24, 2.45) is 5.73 Å². The van der Waals surface area contributed by atoms with Gasteiger partial charge in [-0.05, 0) is 38.1 Å². The Labute approximate surface area is 132 Å². The van der Waals surface area contributed by atoms with E-state index >= 15 is 0 Å². The minimum absolute atomic E-state index is 0.00403. The summed E-state index contributed by atoms with van der Waals surface area (Å²) in [5.41, 5.74) is 7.90. The quantitative estimate of drug-likeness (QED) is 0.647. The maximum atomic E-state index is 7.71. The standard InChI is InChI=1S/C14H13Cl2N3S/c1-7-5-12(13(14(17)18)8(2)19-7)20-11-6-9(15)3-4-10(11)16/h3-6H,1-2H3,(H3,17,18). The number of pyridine rings is 1. The van der Waals surface area contributed by atoms with E-state index in [1.54, 1.807) is 18.2 Å². The lowest BCUT2D eigenvalue weighted by Crippen LogP contribution is -2.15. The van der Waals surface area contributed by atoms with E-state index in [9.17, 15) is 0 Å². The van der Waals surface area contributed by atoms with Gasteiger partial charge in [0, 0.05) is 26.2 Å². The zero-order chi connectivity index (χ0) is 14.9. The van der Waals surface area contributed by atoms with Crippen LogP contribution in [-0.2, 0) is 0 Å². The second-order valence-electron chi connectivity index (χ2n) is 4.31. The van der Waals surface area contributed by atoms with Crippen LogP contribution in [0.1, 0.15) is 17.0 Å². The van der Waals surface area contributed by atoms with E-state index in [-0.39, 0.29) is 5.84 Å². The average Bonchev–Trinajstić information content (AvgIpc) is 2.32. The van der Waals surface area contributed by atoms with Gasteiger partial charge in [0.2, 0.25) is 0 Å². The van der Waals surface area contributed by atoms with Crippen LogP contribution in [0.4, 0.5) is 0 Å². The Hall–Kier alpha value is -1.23. The molecule has 0 saturated heterocycles. The molecule has 0 spiro atoms. The van der Waals surface area contributed by atoms with E-state index in [4.69, 9.17) is 34.3 Å². The third-order valence-corrected chi connectivity index (χ3v) is 4.45. The SMILES string of the molecule is Cc1cc(Sc2cc(Cl)ccc2Cl)c(C(=N)N)c(C)n1. The lowest BCUT2D eigenvalue weighted by atomic mass is 10.1. The fourth-order valence-corrected chi connectivity index (χ4v) is 3.52. The fourth-order valence-electron chi connectivity index (χ4n) is 1.87. The van der Waals surface area contributed by atoms with Gasteiger partial charge in [-0.1, -0.05) is 35.0 Å². The number of benzene rings is 1. The van der Waals surface area contributed by atoms with Crippen LogP contribution in [0.2, 0.25) is 10.0 Å². The summed E-state index contributed by atoms with van der Waals surface area (Å²) in [5.74, 6) is -0.00403. The smallest absolute Gasteiger partial charge is 0.125 e. The van der Waals surface area contributed by atoms with E-state index in [1.165, 1.54) is 11.8 Å². The van der Waals surface area contributed by atoms with Crippen molar-refractivity contribution in [1.29, 1.82) is 5.41 Å². The normalized spacial score (nSPS) is 10.6. The summed E-state index contributed by atoms with van der Waals surface area (Å²) in [4.78, 5) is 6.02. The molecule has 0 fully saturated rings. The lowest BCUT2D eigenvalue weighted by Gasteiger charge is -2.12. The number of rotatable bonds is 3. The van der Waals surface area contributed by atoms with Crippen molar-refractivity contribution in [3.63, 3.8) is 0 Å². The van der Waals surface area contributed by atoms with E-state index in [0.29, 0.717) is 15.6 Å². The topological polar surface area (TPSA) is 62.8 Å². The Morgan fingerprint density at radius 2 is 1.90 bits per heavy atom. The zero-order valence-electron chi connectivity index (χ0n) is 11.0. The molecule has 0 aliphatic rings. The van der Waals surface area contributed by atoms with Gasteiger partial charge in [-0.2, -0.15) is 0 Å². The second kappa shape index (κ2) is 6.04. The minimum atomic E-state index is -0.00403. The van der Waals surface area contributed by atoms with E-state index in [0.717, 1.165) is 21.2 Å². The second-order valence-corrected chi connectivity index (χ2v) is 6.24. The molecule has 1 heterocycles. The molecule has 3 nitrogen and oxygen atoms in total. The summed E-state index contributed by atoms with van der Waals surface area (Å²) in [6.45, 7) is 3.74. The van der Waals surface area contributed by atoms with Gasteiger partial charge in [0.05, 0.1) is 10.6 Å². The average molecular weight is 326 g/mol. The largest absolute Gasteiger partial charge is 0.384 e. The molecule has 0 radical (unpaired) electrons. The number of aryl methyl sites for hydroxylation is 2. The van der Waals surface area contributed by atoms with Crippen molar-refractivity contribution in [1.82, 2.24) is 4.98 Å². The van der Waals surface area contributed by atoms with Gasteiger partial charge >= 0.3 is 0 Å². The predicted octanol–water partition coefficient (Wildman–Crippen LogP) is 4.44. The molecular weight excluding hydrogens is 313 g/mol. The van der Waals surface area contributed by atoms with Crippen LogP contribution in [0.25, 0.3) is 0 Å². The van der Waals surface area contributed by atoms with Gasteiger partial charge < -0.3 is 5.73 Å². The Bertz CT molecular complexity index is 686. The molecule has 2 aromatic rings. The molecule has 1 aromatic heterocycles. The van der Waals surface area contributed by atoms with Gasteiger partial charge in [0.25, 0.3) is 0 Å². The van der Waals surface area contributed by atoms with Gasteiger partial charge in [-0.25, -0.2) is 0 Å². The monoisotopic (exact) mass is 325 g/mol. The lowest BCUT2D eigenvalue weighted by molar-refractivity contribution is 1.07. The Kier molecular flexibility index (Phi) is 4.58. The summed E-state index contributed by atoms with van der Waals surface area (Å²) in [6, 6.07) is 7.18. The number of aromatic nitrogens is 1. The first-order valence-electron chi connectivity index (χ1n) is 5.84. The molecule has 0 saturated carbocycles. The van der Waals surface area contributed by atoms with E-state index in [1.807, 2.05) is 19.9 Å². The summed E-state index contributed by atoms with van der Waals surface area (Å²) in [5, 5.41) is 8.94. The Balaban J connectivity index is 2.53. The predicted molar refractivity (Wildman–Crippen MR) is 85.3 cm³/mol. The van der Waals surface area contributed by atoms with Crippen LogP contribution in [0.15, 0.2) is 34.1 Å². The van der Waals surface area contributed by atoms with E-state index in [2.05, 4.69) is 4.98 Å². The molecular formula is C14H13Cl2N3S. The third kappa shape index (κ3) is 3.26. The van der Waals surface area contributed by atoms with Crippen molar-refractivity contribution >= 4 is 40.8 Å². The molecule has 0 aliphatic carbocycles. The van der Waals surface area contributed by atoms with Gasteiger partial charge in [0.1, 0.15) is 5.84 Å². The molecule has 0 bridgehead atoms. The highest BCUT2D eigenvalue weighted by atomic mass is 35.5. The number of nitrogen functional groups attached to an aromatic ring is 1. The van der Waals surface area contributed by atoms with Crippen LogP contribution < -0.4 is 5.73 Å². The molecule has 104 valence electrons. The van der Waals surface area contributed by atoms with Gasteiger partial charge in [-0.3, -0.25) is 10.4 Å². The molecule has 0 atom stereocenters. The van der Waals surface area contributed by atoms with Crippen molar-refractivity contribution in [3.05, 3.63) is 51.3 Å². The molecule has 0 aliphatic heterocycles. The number of amidine groups is 1. The molecule has 0 unspecified atom stereocenters. The summed E-state index contributed by atoms with van der Waals surface area (Å²) in [7, 11) is 0. The highest BCUT2D eigenvalue weighted by Crippen LogP contribution is 2.37. The summed E-state index contributed by atoms with van der Waals surface area (Å²) >= 11 is 13.6. The number of nitrogens with two attached hydrogens (primary N) is 1. The number of hydrogen-bond donors (Lipinski definition) is 2. The Morgan fingerprint density at radius 3 is 2.55 bits per heavy atom. The molecule has 6 heteroatoms. The number of nitrogens with zero attached hydrogens (tertiary/aromatic N) is 1. The van der Waals surface area contributed by atoms with E-state index < -0.39 is 0 Å². The molecule has 2 rings (SSSR count). The maximum absolute atomic E-state index is 7.71. The first-order chi connectivity index (χ1) is 9.38.